The highest BCUT2D eigenvalue weighted by atomic mass is 16.1. The number of aryl methyl sites for hydroxylation is 2. The number of nitrogens with one attached hydrogen (secondary N) is 2. The number of hydrogen-bond acceptors (Lipinski definition) is 3. The second kappa shape index (κ2) is 8.30. The minimum absolute atomic E-state index is 0.0309. The second-order valence-electron chi connectivity index (χ2n) is 6.92. The fraction of sp³-hybridized carbons (Fsp3) is 0.348. The number of fused-ring (bicyclic) bond motifs is 1. The van der Waals surface area contributed by atoms with Gasteiger partial charge in [-0.25, -0.2) is 0 Å². The molecule has 0 unspecified atom stereocenters. The molecule has 0 fully saturated rings. The lowest BCUT2D eigenvalue weighted by Gasteiger charge is -2.22. The average molecular weight is 364 g/mol. The van der Waals surface area contributed by atoms with Crippen LogP contribution in [-0.4, -0.2) is 18.1 Å². The number of aromatic amines is 1. The van der Waals surface area contributed by atoms with Crippen molar-refractivity contribution in [1.82, 2.24) is 4.98 Å². The molecule has 3 aromatic rings. The molecule has 0 saturated heterocycles. The van der Waals surface area contributed by atoms with Gasteiger partial charge < -0.3 is 15.2 Å². The Morgan fingerprint density at radius 1 is 1.00 bits per heavy atom. The number of H-pyrrole nitrogens is 1. The molecule has 0 amide bonds. The van der Waals surface area contributed by atoms with Crippen molar-refractivity contribution in [3.63, 3.8) is 0 Å². The molecule has 0 atom stereocenters. The lowest BCUT2D eigenvalue weighted by Crippen LogP contribution is -2.22. The predicted molar refractivity (Wildman–Crippen MR) is 116 cm³/mol. The number of aromatic nitrogens is 1. The third-order valence-electron chi connectivity index (χ3n) is 5.20. The summed E-state index contributed by atoms with van der Waals surface area (Å²) in [5.74, 6) is 0. The van der Waals surface area contributed by atoms with Gasteiger partial charge in [0.1, 0.15) is 0 Å². The summed E-state index contributed by atoms with van der Waals surface area (Å²) in [6, 6.07) is 14.7. The fourth-order valence-electron chi connectivity index (χ4n) is 3.47. The zero-order chi connectivity index (χ0) is 19.4. The van der Waals surface area contributed by atoms with Crippen LogP contribution in [0.2, 0.25) is 0 Å². The first-order valence-corrected chi connectivity index (χ1v) is 9.80. The van der Waals surface area contributed by atoms with Crippen LogP contribution in [0.25, 0.3) is 10.9 Å². The Balaban J connectivity index is 1.82. The highest BCUT2D eigenvalue weighted by molar-refractivity contribution is 5.79. The molecular weight excluding hydrogens is 334 g/mol. The van der Waals surface area contributed by atoms with E-state index >= 15 is 0 Å². The lowest BCUT2D eigenvalue weighted by atomic mass is 10.1. The molecule has 1 heterocycles. The molecule has 27 heavy (non-hydrogen) atoms. The van der Waals surface area contributed by atoms with Gasteiger partial charge in [-0.1, -0.05) is 13.0 Å². The number of rotatable bonds is 7. The summed E-state index contributed by atoms with van der Waals surface area (Å²) < 4.78 is 0. The lowest BCUT2D eigenvalue weighted by molar-refractivity contribution is 0.865. The van der Waals surface area contributed by atoms with E-state index in [4.69, 9.17) is 0 Å². The van der Waals surface area contributed by atoms with Gasteiger partial charge in [-0.3, -0.25) is 4.79 Å². The van der Waals surface area contributed by atoms with Gasteiger partial charge in [-0.05, 0) is 80.1 Å². The average Bonchev–Trinajstić information content (AvgIpc) is 2.68. The number of nitrogens with zero attached hydrogens (tertiary/aromatic N) is 1. The van der Waals surface area contributed by atoms with Gasteiger partial charge in [0, 0.05) is 42.1 Å². The quantitative estimate of drug-likeness (QED) is 0.630. The van der Waals surface area contributed by atoms with Crippen LogP contribution in [0.4, 0.5) is 11.4 Å². The van der Waals surface area contributed by atoms with Crippen LogP contribution in [-0.2, 0) is 13.0 Å². The SMILES string of the molecule is CCc1ccc2[nH]c(=O)c(CNc3ccc(N(CC)CC)cc3C)cc2c1. The summed E-state index contributed by atoms with van der Waals surface area (Å²) in [5, 5.41) is 4.51. The van der Waals surface area contributed by atoms with E-state index in [0.717, 1.165) is 41.7 Å². The number of hydrogen-bond donors (Lipinski definition) is 2. The van der Waals surface area contributed by atoms with Crippen LogP contribution in [0.5, 0.6) is 0 Å². The van der Waals surface area contributed by atoms with Crippen molar-refractivity contribution in [1.29, 1.82) is 0 Å². The van der Waals surface area contributed by atoms with Gasteiger partial charge in [-0.15, -0.1) is 0 Å². The Bertz CT molecular complexity index is 987. The van der Waals surface area contributed by atoms with Crippen molar-refractivity contribution >= 4 is 22.3 Å². The van der Waals surface area contributed by atoms with Gasteiger partial charge in [0.05, 0.1) is 0 Å². The molecule has 142 valence electrons. The Morgan fingerprint density at radius 2 is 1.78 bits per heavy atom. The minimum Gasteiger partial charge on any atom is -0.381 e. The van der Waals surface area contributed by atoms with E-state index in [1.807, 2.05) is 12.1 Å². The van der Waals surface area contributed by atoms with E-state index < -0.39 is 0 Å². The Hall–Kier alpha value is -2.75. The highest BCUT2D eigenvalue weighted by Crippen LogP contribution is 2.23. The smallest absolute Gasteiger partial charge is 0.253 e. The standard InChI is InChI=1S/C23H29N3O/c1-5-17-8-10-22-18(13-17)14-19(23(27)25-22)15-24-21-11-9-20(12-16(21)4)26(6-2)7-3/h8-14,24H,5-7,15H2,1-4H3,(H,25,27). The summed E-state index contributed by atoms with van der Waals surface area (Å²) >= 11 is 0. The molecular formula is C23H29N3O. The second-order valence-corrected chi connectivity index (χ2v) is 6.92. The van der Waals surface area contributed by atoms with Crippen LogP contribution in [0, 0.1) is 6.92 Å². The Labute approximate surface area is 161 Å². The first-order chi connectivity index (χ1) is 13.0. The van der Waals surface area contributed by atoms with E-state index in [1.54, 1.807) is 0 Å². The van der Waals surface area contributed by atoms with E-state index in [-0.39, 0.29) is 5.56 Å². The van der Waals surface area contributed by atoms with Crippen LogP contribution in [0.15, 0.2) is 47.3 Å². The summed E-state index contributed by atoms with van der Waals surface area (Å²) in [5.41, 5.74) is 6.37. The van der Waals surface area contributed by atoms with Crippen LogP contribution in [0.3, 0.4) is 0 Å². The van der Waals surface area contributed by atoms with E-state index in [2.05, 4.69) is 73.2 Å². The Kier molecular flexibility index (Phi) is 5.84. The molecule has 4 heteroatoms. The van der Waals surface area contributed by atoms with Crippen LogP contribution < -0.4 is 15.8 Å². The van der Waals surface area contributed by atoms with E-state index in [0.29, 0.717) is 6.54 Å². The normalized spacial score (nSPS) is 11.0. The molecule has 3 rings (SSSR count). The molecule has 2 N–H and O–H groups in total. The van der Waals surface area contributed by atoms with Crippen molar-refractivity contribution in [2.45, 2.75) is 40.7 Å². The Morgan fingerprint density at radius 3 is 2.44 bits per heavy atom. The molecule has 0 spiro atoms. The zero-order valence-corrected chi connectivity index (χ0v) is 16.7. The van der Waals surface area contributed by atoms with Crippen LogP contribution in [0.1, 0.15) is 37.5 Å². The van der Waals surface area contributed by atoms with Crippen molar-refractivity contribution in [3.05, 3.63) is 69.5 Å². The largest absolute Gasteiger partial charge is 0.381 e. The summed E-state index contributed by atoms with van der Waals surface area (Å²) in [7, 11) is 0. The maximum Gasteiger partial charge on any atom is 0.253 e. The molecule has 1 aromatic heterocycles. The van der Waals surface area contributed by atoms with E-state index in [9.17, 15) is 4.79 Å². The van der Waals surface area contributed by atoms with Gasteiger partial charge in [0.2, 0.25) is 0 Å². The van der Waals surface area contributed by atoms with Crippen LogP contribution >= 0.6 is 0 Å². The van der Waals surface area contributed by atoms with Gasteiger partial charge in [-0.2, -0.15) is 0 Å². The third-order valence-corrected chi connectivity index (χ3v) is 5.20. The highest BCUT2D eigenvalue weighted by Gasteiger charge is 2.07. The zero-order valence-electron chi connectivity index (χ0n) is 16.7. The molecule has 4 nitrogen and oxygen atoms in total. The minimum atomic E-state index is -0.0309. The molecule has 0 aliphatic rings. The molecule has 0 aliphatic carbocycles. The number of pyridine rings is 1. The summed E-state index contributed by atoms with van der Waals surface area (Å²) in [4.78, 5) is 17.7. The fourth-order valence-corrected chi connectivity index (χ4v) is 3.47. The molecule has 0 radical (unpaired) electrons. The number of benzene rings is 2. The van der Waals surface area contributed by atoms with Gasteiger partial charge in [0.15, 0.2) is 0 Å². The van der Waals surface area contributed by atoms with Gasteiger partial charge in [0.25, 0.3) is 5.56 Å². The molecule has 0 saturated carbocycles. The molecule has 0 aliphatic heterocycles. The van der Waals surface area contributed by atoms with Crippen molar-refractivity contribution in [2.24, 2.45) is 0 Å². The van der Waals surface area contributed by atoms with Gasteiger partial charge >= 0.3 is 0 Å². The van der Waals surface area contributed by atoms with E-state index in [1.165, 1.54) is 16.8 Å². The molecule has 0 bridgehead atoms. The number of anilines is 2. The molecule has 2 aromatic carbocycles. The first kappa shape index (κ1) is 19.0. The predicted octanol–water partition coefficient (Wildman–Crippen LogP) is 4.86. The van der Waals surface area contributed by atoms with Crippen molar-refractivity contribution < 1.29 is 0 Å². The maximum absolute atomic E-state index is 12.4. The summed E-state index contributed by atoms with van der Waals surface area (Å²) in [6.07, 6.45) is 0.987. The monoisotopic (exact) mass is 363 g/mol. The first-order valence-electron chi connectivity index (χ1n) is 9.80. The topological polar surface area (TPSA) is 48.1 Å². The third kappa shape index (κ3) is 4.16. The summed E-state index contributed by atoms with van der Waals surface area (Å²) in [6.45, 7) is 11.1. The van der Waals surface area contributed by atoms with Crippen molar-refractivity contribution in [2.75, 3.05) is 23.3 Å². The maximum atomic E-state index is 12.4. The van der Waals surface area contributed by atoms with Crippen molar-refractivity contribution in [3.8, 4) is 0 Å².